The molecule has 0 unspecified atom stereocenters. The molecule has 4 rings (SSSR count). The van der Waals surface area contributed by atoms with Gasteiger partial charge in [-0.1, -0.05) is 0 Å². The molecular formula is C19H21N7O3S2. The molecule has 1 saturated heterocycles. The summed E-state index contributed by atoms with van der Waals surface area (Å²) in [6.07, 6.45) is 2.84. The first-order chi connectivity index (χ1) is 14.8. The number of carbonyl (C=O) groups excluding carboxylic acids is 3. The zero-order valence-corrected chi connectivity index (χ0v) is 18.6. The Kier molecular flexibility index (Phi) is 5.83. The minimum Gasteiger partial charge on any atom is -0.364 e. The number of aromatic amines is 1. The summed E-state index contributed by atoms with van der Waals surface area (Å²) >= 11 is 2.85. The van der Waals surface area contributed by atoms with E-state index in [0.717, 1.165) is 28.6 Å². The van der Waals surface area contributed by atoms with Crippen LogP contribution in [0.2, 0.25) is 0 Å². The Morgan fingerprint density at radius 1 is 1.23 bits per heavy atom. The van der Waals surface area contributed by atoms with Crippen LogP contribution in [0.25, 0.3) is 0 Å². The molecule has 10 nitrogen and oxygen atoms in total. The highest BCUT2D eigenvalue weighted by molar-refractivity contribution is 7.13. The number of nitrogens with one attached hydrogen (secondary N) is 2. The minimum atomic E-state index is -0.711. The van der Waals surface area contributed by atoms with E-state index in [4.69, 9.17) is 5.73 Å². The summed E-state index contributed by atoms with van der Waals surface area (Å²) in [6, 6.07) is 0. The summed E-state index contributed by atoms with van der Waals surface area (Å²) in [5.41, 5.74) is 6.32. The van der Waals surface area contributed by atoms with Gasteiger partial charge in [-0.3, -0.25) is 14.4 Å². The first-order valence-corrected chi connectivity index (χ1v) is 11.4. The molecule has 0 aromatic carbocycles. The number of aromatic nitrogens is 4. The van der Waals surface area contributed by atoms with Crippen LogP contribution in [-0.4, -0.2) is 55.6 Å². The van der Waals surface area contributed by atoms with Gasteiger partial charge in [0, 0.05) is 24.4 Å². The fourth-order valence-electron chi connectivity index (χ4n) is 3.53. The second-order valence-electron chi connectivity index (χ2n) is 7.23. The Hall–Kier alpha value is -3.12. The van der Waals surface area contributed by atoms with Crippen molar-refractivity contribution in [2.24, 2.45) is 5.73 Å². The summed E-state index contributed by atoms with van der Waals surface area (Å²) in [6.45, 7) is 5.03. The summed E-state index contributed by atoms with van der Waals surface area (Å²) in [5, 5.41) is 5.99. The molecule has 3 aromatic heterocycles. The van der Waals surface area contributed by atoms with Crippen molar-refractivity contribution >= 4 is 46.2 Å². The molecule has 0 radical (unpaired) electrons. The van der Waals surface area contributed by atoms with Crippen molar-refractivity contribution < 1.29 is 14.4 Å². The molecule has 1 aliphatic rings. The van der Waals surface area contributed by atoms with Crippen LogP contribution in [0.5, 0.6) is 0 Å². The van der Waals surface area contributed by atoms with Crippen molar-refractivity contribution in [3.05, 3.63) is 43.7 Å². The van der Waals surface area contributed by atoms with Crippen molar-refractivity contribution in [3.63, 3.8) is 0 Å². The topological polar surface area (TPSA) is 147 Å². The molecule has 1 fully saturated rings. The van der Waals surface area contributed by atoms with Gasteiger partial charge in [-0.2, -0.15) is 0 Å². The normalized spacial score (nSPS) is 14.6. The Balaban J connectivity index is 1.37. The standard InChI is InChI=1S/C19H21N7O3S2/c1-9-14(31-10(2)23-9)19(29)26-5-3-11(4-6-26)18-24-12(7-30-18)17(28)25-16-13(15(20)27)21-8-22-16/h7-8,11H,3-6H2,1-2H3,(H2,20,27)(H,21,22)(H,25,28). The van der Waals surface area contributed by atoms with Crippen LogP contribution in [-0.2, 0) is 0 Å². The van der Waals surface area contributed by atoms with Gasteiger partial charge in [-0.15, -0.1) is 22.7 Å². The first kappa shape index (κ1) is 21.1. The number of nitrogens with two attached hydrogens (primary N) is 1. The smallest absolute Gasteiger partial charge is 0.276 e. The predicted octanol–water partition coefficient (Wildman–Crippen LogP) is 2.31. The van der Waals surface area contributed by atoms with Crippen molar-refractivity contribution in [2.75, 3.05) is 18.4 Å². The molecule has 0 spiro atoms. The van der Waals surface area contributed by atoms with Gasteiger partial charge in [0.15, 0.2) is 5.82 Å². The number of amides is 3. The van der Waals surface area contributed by atoms with Crippen molar-refractivity contribution in [3.8, 4) is 0 Å². The molecule has 4 heterocycles. The third-order valence-electron chi connectivity index (χ3n) is 5.10. The van der Waals surface area contributed by atoms with Crippen molar-refractivity contribution in [1.82, 2.24) is 24.8 Å². The summed E-state index contributed by atoms with van der Waals surface area (Å²) in [4.78, 5) is 54.5. The monoisotopic (exact) mass is 459 g/mol. The average Bonchev–Trinajstić information content (AvgIpc) is 3.47. The summed E-state index contributed by atoms with van der Waals surface area (Å²) in [7, 11) is 0. The lowest BCUT2D eigenvalue weighted by Gasteiger charge is -2.30. The van der Waals surface area contributed by atoms with Crippen LogP contribution in [0.4, 0.5) is 5.82 Å². The number of rotatable bonds is 5. The Labute approximate surface area is 185 Å². The molecule has 0 aliphatic carbocycles. The van der Waals surface area contributed by atoms with Crippen molar-refractivity contribution in [2.45, 2.75) is 32.6 Å². The number of nitrogens with zero attached hydrogens (tertiary/aromatic N) is 4. The quantitative estimate of drug-likeness (QED) is 0.533. The number of hydrogen-bond acceptors (Lipinski definition) is 8. The number of piperidine rings is 1. The minimum absolute atomic E-state index is 0.0324. The van der Waals surface area contributed by atoms with E-state index >= 15 is 0 Å². The molecule has 31 heavy (non-hydrogen) atoms. The molecule has 1 aliphatic heterocycles. The fourth-order valence-corrected chi connectivity index (χ4v) is 5.39. The van der Waals surface area contributed by atoms with E-state index in [1.54, 1.807) is 5.38 Å². The van der Waals surface area contributed by atoms with Gasteiger partial charge < -0.3 is 20.9 Å². The first-order valence-electron chi connectivity index (χ1n) is 9.66. The van der Waals surface area contributed by atoms with Gasteiger partial charge in [0.2, 0.25) is 0 Å². The van der Waals surface area contributed by atoms with Gasteiger partial charge in [0.1, 0.15) is 16.3 Å². The molecule has 4 N–H and O–H groups in total. The Morgan fingerprint density at radius 2 is 1.97 bits per heavy atom. The van der Waals surface area contributed by atoms with Crippen LogP contribution < -0.4 is 11.1 Å². The van der Waals surface area contributed by atoms with E-state index < -0.39 is 11.8 Å². The fraction of sp³-hybridized carbons (Fsp3) is 0.368. The van der Waals surface area contributed by atoms with Gasteiger partial charge >= 0.3 is 0 Å². The van der Waals surface area contributed by atoms with Crippen LogP contribution >= 0.6 is 22.7 Å². The summed E-state index contributed by atoms with van der Waals surface area (Å²) < 4.78 is 0. The number of likely N-dealkylation sites (tertiary alicyclic amines) is 1. The number of thiazole rings is 2. The molecule has 3 amide bonds. The molecule has 162 valence electrons. The van der Waals surface area contributed by atoms with Crippen LogP contribution in [0.3, 0.4) is 0 Å². The highest BCUT2D eigenvalue weighted by Gasteiger charge is 2.28. The lowest BCUT2D eigenvalue weighted by atomic mass is 9.97. The molecule has 0 atom stereocenters. The van der Waals surface area contributed by atoms with E-state index in [9.17, 15) is 14.4 Å². The Bertz CT molecular complexity index is 1140. The van der Waals surface area contributed by atoms with Gasteiger partial charge in [0.25, 0.3) is 17.7 Å². The number of primary amides is 1. The number of aryl methyl sites for hydroxylation is 2. The lowest BCUT2D eigenvalue weighted by molar-refractivity contribution is 0.0716. The number of imidazole rings is 1. The maximum absolute atomic E-state index is 12.8. The second kappa shape index (κ2) is 8.55. The zero-order valence-electron chi connectivity index (χ0n) is 17.0. The third kappa shape index (κ3) is 4.35. The molecule has 12 heteroatoms. The Morgan fingerprint density at radius 3 is 2.61 bits per heavy atom. The maximum Gasteiger partial charge on any atom is 0.276 e. The van der Waals surface area contributed by atoms with Crippen LogP contribution in [0.15, 0.2) is 11.7 Å². The van der Waals surface area contributed by atoms with Gasteiger partial charge in [0.05, 0.1) is 22.0 Å². The predicted molar refractivity (Wildman–Crippen MR) is 117 cm³/mol. The number of hydrogen-bond donors (Lipinski definition) is 3. The van der Waals surface area contributed by atoms with E-state index in [1.165, 1.54) is 29.0 Å². The van der Waals surface area contributed by atoms with E-state index in [2.05, 4.69) is 25.3 Å². The maximum atomic E-state index is 12.8. The van der Waals surface area contributed by atoms with Gasteiger partial charge in [-0.05, 0) is 26.7 Å². The van der Waals surface area contributed by atoms with E-state index in [-0.39, 0.29) is 29.0 Å². The SMILES string of the molecule is Cc1nc(C)c(C(=O)N2CCC(c3nc(C(=O)Nc4nc[nH]c4C(N)=O)cs3)CC2)s1. The highest BCUT2D eigenvalue weighted by atomic mass is 32.1. The molecule has 3 aromatic rings. The molecule has 0 bridgehead atoms. The number of carbonyl (C=O) groups is 3. The second-order valence-corrected chi connectivity index (χ2v) is 9.32. The van der Waals surface area contributed by atoms with Gasteiger partial charge in [-0.25, -0.2) is 15.0 Å². The number of anilines is 1. The van der Waals surface area contributed by atoms with Crippen LogP contribution in [0.1, 0.15) is 65.1 Å². The highest BCUT2D eigenvalue weighted by Crippen LogP contribution is 2.32. The third-order valence-corrected chi connectivity index (χ3v) is 7.17. The molecular weight excluding hydrogens is 438 g/mol. The lowest BCUT2D eigenvalue weighted by Crippen LogP contribution is -2.37. The van der Waals surface area contributed by atoms with E-state index in [0.29, 0.717) is 18.0 Å². The van der Waals surface area contributed by atoms with Crippen molar-refractivity contribution in [1.29, 1.82) is 0 Å². The zero-order chi connectivity index (χ0) is 22.1. The number of H-pyrrole nitrogens is 1. The van der Waals surface area contributed by atoms with E-state index in [1.807, 2.05) is 18.7 Å². The largest absolute Gasteiger partial charge is 0.364 e. The average molecular weight is 460 g/mol. The summed E-state index contributed by atoms with van der Waals surface area (Å²) in [5.74, 6) is -0.874. The van der Waals surface area contributed by atoms with Crippen LogP contribution in [0, 0.1) is 13.8 Å². The molecule has 0 saturated carbocycles.